The number of aryl methyl sites for hydroxylation is 1. The van der Waals surface area contributed by atoms with Crippen molar-refractivity contribution in [3.05, 3.63) is 41.7 Å². The molecule has 2 rings (SSSR count). The molecule has 1 unspecified atom stereocenters. The van der Waals surface area contributed by atoms with Gasteiger partial charge < -0.3 is 11.1 Å². The minimum absolute atomic E-state index is 0.123. The number of nitrogens with two attached hydrogens (primary N) is 1. The summed E-state index contributed by atoms with van der Waals surface area (Å²) in [4.78, 5) is 12.4. The lowest BCUT2D eigenvalue weighted by atomic mass is 10.1. The fourth-order valence-corrected chi connectivity index (χ4v) is 1.68. The highest BCUT2D eigenvalue weighted by Crippen LogP contribution is 2.16. The summed E-state index contributed by atoms with van der Waals surface area (Å²) in [6.45, 7) is 4.04. The van der Waals surface area contributed by atoms with Crippen LogP contribution in [0.25, 0.3) is 0 Å². The zero-order valence-electron chi connectivity index (χ0n) is 10.6. The average molecular weight is 243 g/mol. The van der Waals surface area contributed by atoms with Gasteiger partial charge in [-0.1, -0.05) is 37.3 Å². The zero-order valence-corrected chi connectivity index (χ0v) is 10.6. The number of hydrogen-bond donors (Lipinski definition) is 2. The van der Waals surface area contributed by atoms with Gasteiger partial charge >= 0.3 is 0 Å². The number of rotatable bonds is 4. The first-order chi connectivity index (χ1) is 8.69. The Morgan fingerprint density at radius 3 is 2.56 bits per heavy atom. The third kappa shape index (κ3) is 2.94. The maximum atomic E-state index is 5.65. The van der Waals surface area contributed by atoms with Gasteiger partial charge in [-0.2, -0.15) is 15.0 Å². The van der Waals surface area contributed by atoms with E-state index >= 15 is 0 Å². The topological polar surface area (TPSA) is 76.7 Å². The van der Waals surface area contributed by atoms with Crippen LogP contribution in [-0.2, 0) is 6.42 Å². The second-order valence-corrected chi connectivity index (χ2v) is 4.06. The maximum absolute atomic E-state index is 5.65. The third-order valence-electron chi connectivity index (χ3n) is 2.66. The Labute approximate surface area is 106 Å². The molecule has 2 aromatic rings. The van der Waals surface area contributed by atoms with Crippen LogP contribution in [0.4, 0.5) is 11.9 Å². The smallest absolute Gasteiger partial charge is 0.228 e. The van der Waals surface area contributed by atoms with Crippen molar-refractivity contribution in [3.8, 4) is 0 Å². The Morgan fingerprint density at radius 2 is 1.89 bits per heavy atom. The molecule has 0 fully saturated rings. The van der Waals surface area contributed by atoms with E-state index in [-0.39, 0.29) is 12.0 Å². The van der Waals surface area contributed by atoms with Crippen molar-refractivity contribution < 1.29 is 0 Å². The quantitative estimate of drug-likeness (QED) is 0.860. The Morgan fingerprint density at radius 1 is 1.17 bits per heavy atom. The third-order valence-corrected chi connectivity index (χ3v) is 2.66. The van der Waals surface area contributed by atoms with Gasteiger partial charge in [0.15, 0.2) is 0 Å². The number of nitrogens with zero attached hydrogens (tertiary/aromatic N) is 3. The van der Waals surface area contributed by atoms with Crippen molar-refractivity contribution in [1.82, 2.24) is 15.0 Å². The van der Waals surface area contributed by atoms with Crippen molar-refractivity contribution in [1.29, 1.82) is 0 Å². The summed E-state index contributed by atoms with van der Waals surface area (Å²) < 4.78 is 0. The van der Waals surface area contributed by atoms with Crippen molar-refractivity contribution in [2.75, 3.05) is 11.1 Å². The van der Waals surface area contributed by atoms with Gasteiger partial charge in [-0.25, -0.2) is 0 Å². The van der Waals surface area contributed by atoms with Gasteiger partial charge in [0.1, 0.15) is 5.82 Å². The standard InChI is InChI=1S/C13H17N5/c1-3-11-16-12(14)18-13(17-11)15-9(2)10-7-5-4-6-8-10/h4-9H,3H2,1-2H3,(H3,14,15,16,17,18). The molecule has 5 nitrogen and oxygen atoms in total. The van der Waals surface area contributed by atoms with E-state index in [1.165, 1.54) is 5.56 Å². The molecule has 1 atom stereocenters. The van der Waals surface area contributed by atoms with Gasteiger partial charge in [0, 0.05) is 6.42 Å². The van der Waals surface area contributed by atoms with E-state index in [4.69, 9.17) is 5.73 Å². The molecular weight excluding hydrogens is 226 g/mol. The first kappa shape index (κ1) is 12.3. The van der Waals surface area contributed by atoms with E-state index in [9.17, 15) is 0 Å². The normalized spacial score (nSPS) is 12.1. The van der Waals surface area contributed by atoms with Crippen LogP contribution in [0.5, 0.6) is 0 Å². The Bertz CT molecular complexity index is 512. The molecule has 0 bridgehead atoms. The monoisotopic (exact) mass is 243 g/mol. The maximum Gasteiger partial charge on any atom is 0.228 e. The fourth-order valence-electron chi connectivity index (χ4n) is 1.68. The summed E-state index contributed by atoms with van der Waals surface area (Å²) in [7, 11) is 0. The van der Waals surface area contributed by atoms with Crippen LogP contribution in [-0.4, -0.2) is 15.0 Å². The number of nitrogens with one attached hydrogen (secondary N) is 1. The van der Waals surface area contributed by atoms with Gasteiger partial charge in [-0.3, -0.25) is 0 Å². The lowest BCUT2D eigenvalue weighted by Gasteiger charge is -2.14. The molecular formula is C13H17N5. The average Bonchev–Trinajstić information content (AvgIpc) is 2.39. The minimum atomic E-state index is 0.123. The van der Waals surface area contributed by atoms with Gasteiger partial charge in [0.25, 0.3) is 0 Å². The first-order valence-corrected chi connectivity index (χ1v) is 6.01. The second-order valence-electron chi connectivity index (χ2n) is 4.06. The van der Waals surface area contributed by atoms with Crippen LogP contribution in [0.15, 0.2) is 30.3 Å². The first-order valence-electron chi connectivity index (χ1n) is 6.01. The number of benzene rings is 1. The molecule has 0 spiro atoms. The Balaban J connectivity index is 2.16. The van der Waals surface area contributed by atoms with Crippen LogP contribution in [0, 0.1) is 0 Å². The largest absolute Gasteiger partial charge is 0.368 e. The Hall–Kier alpha value is -2.17. The number of hydrogen-bond acceptors (Lipinski definition) is 5. The lowest BCUT2D eigenvalue weighted by Crippen LogP contribution is -2.12. The fraction of sp³-hybridized carbons (Fsp3) is 0.308. The molecule has 3 N–H and O–H groups in total. The predicted octanol–water partition coefficient (Wildman–Crippen LogP) is 2.19. The summed E-state index contributed by atoms with van der Waals surface area (Å²) in [5, 5.41) is 3.23. The van der Waals surface area contributed by atoms with Crippen LogP contribution in [0.2, 0.25) is 0 Å². The summed E-state index contributed by atoms with van der Waals surface area (Å²) in [5.74, 6) is 1.48. The zero-order chi connectivity index (χ0) is 13.0. The number of aromatic nitrogens is 3. The molecule has 94 valence electrons. The van der Waals surface area contributed by atoms with E-state index in [0.717, 1.165) is 6.42 Å². The van der Waals surface area contributed by atoms with Crippen LogP contribution in [0.3, 0.4) is 0 Å². The molecule has 0 radical (unpaired) electrons. The van der Waals surface area contributed by atoms with Crippen molar-refractivity contribution >= 4 is 11.9 Å². The van der Waals surface area contributed by atoms with Crippen molar-refractivity contribution in [3.63, 3.8) is 0 Å². The molecule has 0 saturated carbocycles. The van der Waals surface area contributed by atoms with Crippen LogP contribution >= 0.6 is 0 Å². The molecule has 0 saturated heterocycles. The van der Waals surface area contributed by atoms with E-state index in [1.54, 1.807) is 0 Å². The highest BCUT2D eigenvalue weighted by atomic mass is 15.2. The van der Waals surface area contributed by atoms with E-state index in [2.05, 4.69) is 39.3 Å². The summed E-state index contributed by atoms with van der Waals surface area (Å²) in [5.41, 5.74) is 6.82. The highest BCUT2D eigenvalue weighted by Gasteiger charge is 2.08. The second kappa shape index (κ2) is 5.44. The molecule has 0 aliphatic rings. The van der Waals surface area contributed by atoms with Crippen molar-refractivity contribution in [2.24, 2.45) is 0 Å². The molecule has 0 amide bonds. The van der Waals surface area contributed by atoms with E-state index in [0.29, 0.717) is 11.8 Å². The van der Waals surface area contributed by atoms with Gasteiger partial charge in [-0.05, 0) is 12.5 Å². The SMILES string of the molecule is CCc1nc(N)nc(NC(C)c2ccccc2)n1. The number of anilines is 2. The lowest BCUT2D eigenvalue weighted by molar-refractivity contribution is 0.834. The molecule has 0 aliphatic heterocycles. The van der Waals surface area contributed by atoms with Gasteiger partial charge in [0.05, 0.1) is 6.04 Å². The molecule has 1 aromatic carbocycles. The van der Waals surface area contributed by atoms with Crippen LogP contribution in [0.1, 0.15) is 31.3 Å². The Kier molecular flexibility index (Phi) is 3.72. The summed E-state index contributed by atoms with van der Waals surface area (Å²) in [6.07, 6.45) is 0.737. The predicted molar refractivity (Wildman–Crippen MR) is 72.1 cm³/mol. The molecule has 18 heavy (non-hydrogen) atoms. The van der Waals surface area contributed by atoms with Crippen LogP contribution < -0.4 is 11.1 Å². The molecule has 0 aliphatic carbocycles. The van der Waals surface area contributed by atoms with E-state index < -0.39 is 0 Å². The van der Waals surface area contributed by atoms with Gasteiger partial charge in [-0.15, -0.1) is 0 Å². The molecule has 1 heterocycles. The van der Waals surface area contributed by atoms with Crippen molar-refractivity contribution in [2.45, 2.75) is 26.3 Å². The molecule has 5 heteroatoms. The summed E-state index contributed by atoms with van der Waals surface area (Å²) in [6, 6.07) is 10.2. The summed E-state index contributed by atoms with van der Waals surface area (Å²) >= 11 is 0. The van der Waals surface area contributed by atoms with E-state index in [1.807, 2.05) is 25.1 Å². The molecule has 1 aromatic heterocycles. The number of nitrogen functional groups attached to an aromatic ring is 1. The van der Waals surface area contributed by atoms with Gasteiger partial charge in [0.2, 0.25) is 11.9 Å². The highest BCUT2D eigenvalue weighted by molar-refractivity contribution is 5.35. The minimum Gasteiger partial charge on any atom is -0.368 e.